The highest BCUT2D eigenvalue weighted by Crippen LogP contribution is 2.33. The second kappa shape index (κ2) is 6.60. The third-order valence-electron chi connectivity index (χ3n) is 3.60. The Kier molecular flexibility index (Phi) is 5.08. The van der Waals surface area contributed by atoms with Gasteiger partial charge in [0.2, 0.25) is 0 Å². The highest BCUT2D eigenvalue weighted by atomic mass is 35.5. The summed E-state index contributed by atoms with van der Waals surface area (Å²) in [5.41, 5.74) is 1.16. The predicted octanol–water partition coefficient (Wildman–Crippen LogP) is 3.57. The molecule has 19 heavy (non-hydrogen) atoms. The minimum Gasteiger partial charge on any atom is -0.495 e. The molecule has 1 heterocycles. The van der Waals surface area contributed by atoms with Crippen molar-refractivity contribution < 1.29 is 9.47 Å². The maximum absolute atomic E-state index is 6.22. The zero-order valence-corrected chi connectivity index (χ0v) is 12.5. The molecule has 0 amide bonds. The van der Waals surface area contributed by atoms with Crippen molar-refractivity contribution in [2.24, 2.45) is 0 Å². The van der Waals surface area contributed by atoms with Crippen LogP contribution in [0.1, 0.15) is 38.3 Å². The Bertz CT molecular complexity index is 425. The van der Waals surface area contributed by atoms with Crippen molar-refractivity contribution in [1.82, 2.24) is 5.32 Å². The molecule has 2 rings (SSSR count). The zero-order chi connectivity index (χ0) is 13.8. The summed E-state index contributed by atoms with van der Waals surface area (Å²) in [7, 11) is 1.63. The predicted molar refractivity (Wildman–Crippen MR) is 78.0 cm³/mol. The molecule has 0 aliphatic carbocycles. The molecule has 3 nitrogen and oxygen atoms in total. The molecule has 1 aromatic carbocycles. The van der Waals surface area contributed by atoms with E-state index in [1.54, 1.807) is 7.11 Å². The van der Waals surface area contributed by atoms with Gasteiger partial charge in [-0.3, -0.25) is 0 Å². The number of rotatable bonds is 5. The van der Waals surface area contributed by atoms with Gasteiger partial charge in [-0.25, -0.2) is 0 Å². The molecule has 0 bridgehead atoms. The Labute approximate surface area is 120 Å². The highest BCUT2D eigenvalue weighted by molar-refractivity contribution is 6.32. The van der Waals surface area contributed by atoms with Crippen LogP contribution in [0.25, 0.3) is 0 Å². The first-order valence-electron chi connectivity index (χ1n) is 6.88. The summed E-state index contributed by atoms with van der Waals surface area (Å²) in [6, 6.07) is 6.14. The van der Waals surface area contributed by atoms with E-state index in [2.05, 4.69) is 25.2 Å². The molecule has 0 aromatic heterocycles. The number of halogens is 1. The van der Waals surface area contributed by atoms with Gasteiger partial charge in [-0.2, -0.15) is 0 Å². The lowest BCUT2D eigenvalue weighted by Crippen LogP contribution is -2.32. The van der Waals surface area contributed by atoms with E-state index in [9.17, 15) is 0 Å². The number of nitrogens with one attached hydrogen (secondary N) is 1. The number of hydrogen-bond donors (Lipinski definition) is 1. The van der Waals surface area contributed by atoms with Gasteiger partial charge in [-0.05, 0) is 44.0 Å². The molecule has 3 atom stereocenters. The van der Waals surface area contributed by atoms with Crippen molar-refractivity contribution in [1.29, 1.82) is 0 Å². The maximum Gasteiger partial charge on any atom is 0.137 e. The first-order chi connectivity index (χ1) is 9.15. The first kappa shape index (κ1) is 14.6. The molecule has 1 N–H and O–H groups in total. The Morgan fingerprint density at radius 2 is 2.26 bits per heavy atom. The van der Waals surface area contributed by atoms with E-state index in [1.165, 1.54) is 0 Å². The van der Waals surface area contributed by atoms with Crippen molar-refractivity contribution in [2.75, 3.05) is 13.7 Å². The molecule has 1 aromatic rings. The zero-order valence-electron chi connectivity index (χ0n) is 11.8. The second-order valence-corrected chi connectivity index (χ2v) is 5.40. The van der Waals surface area contributed by atoms with E-state index in [-0.39, 0.29) is 12.1 Å². The molecule has 1 fully saturated rings. The molecule has 3 unspecified atom stereocenters. The van der Waals surface area contributed by atoms with E-state index in [0.717, 1.165) is 24.9 Å². The molecular weight excluding hydrogens is 262 g/mol. The molecule has 0 radical (unpaired) electrons. The van der Waals surface area contributed by atoms with Gasteiger partial charge >= 0.3 is 0 Å². The van der Waals surface area contributed by atoms with Crippen LogP contribution in [0.5, 0.6) is 5.75 Å². The number of hydrogen-bond acceptors (Lipinski definition) is 3. The number of likely N-dealkylation sites (N-methyl/N-ethyl adjacent to an activating group) is 1. The van der Waals surface area contributed by atoms with E-state index in [4.69, 9.17) is 21.1 Å². The quantitative estimate of drug-likeness (QED) is 0.896. The van der Waals surface area contributed by atoms with Crippen LogP contribution in [0, 0.1) is 0 Å². The van der Waals surface area contributed by atoms with Crippen LogP contribution in [0.15, 0.2) is 18.2 Å². The van der Waals surface area contributed by atoms with Crippen LogP contribution >= 0.6 is 11.6 Å². The molecule has 0 spiro atoms. The van der Waals surface area contributed by atoms with E-state index in [1.807, 2.05) is 12.1 Å². The van der Waals surface area contributed by atoms with E-state index in [0.29, 0.717) is 16.9 Å². The maximum atomic E-state index is 6.22. The van der Waals surface area contributed by atoms with Gasteiger partial charge in [0, 0.05) is 0 Å². The van der Waals surface area contributed by atoms with Crippen LogP contribution in [0.3, 0.4) is 0 Å². The smallest absolute Gasteiger partial charge is 0.137 e. The van der Waals surface area contributed by atoms with Gasteiger partial charge in [0.15, 0.2) is 0 Å². The molecule has 4 heteroatoms. The van der Waals surface area contributed by atoms with Gasteiger partial charge < -0.3 is 14.8 Å². The topological polar surface area (TPSA) is 30.5 Å². The number of methoxy groups -OCH3 is 1. The Hall–Kier alpha value is -0.770. The molecule has 1 aliphatic rings. The largest absolute Gasteiger partial charge is 0.495 e. The van der Waals surface area contributed by atoms with Crippen LogP contribution in [-0.2, 0) is 4.74 Å². The summed E-state index contributed by atoms with van der Waals surface area (Å²) in [6.45, 7) is 5.14. The lowest BCUT2D eigenvalue weighted by atomic mass is 9.99. The minimum absolute atomic E-state index is 0.193. The van der Waals surface area contributed by atoms with Gasteiger partial charge in [0.1, 0.15) is 5.75 Å². The SMILES string of the molecule is CCNC(c1ccc(OC)c(Cl)c1)C1CCC(C)O1. The highest BCUT2D eigenvalue weighted by Gasteiger charge is 2.30. The van der Waals surface area contributed by atoms with Crippen molar-refractivity contribution in [3.63, 3.8) is 0 Å². The monoisotopic (exact) mass is 283 g/mol. The van der Waals surface area contributed by atoms with Crippen molar-refractivity contribution in [3.8, 4) is 5.75 Å². The fourth-order valence-corrected chi connectivity index (χ4v) is 2.90. The van der Waals surface area contributed by atoms with Crippen molar-refractivity contribution in [2.45, 2.75) is 44.9 Å². The third kappa shape index (κ3) is 3.41. The number of ether oxygens (including phenoxy) is 2. The average molecular weight is 284 g/mol. The fraction of sp³-hybridized carbons (Fsp3) is 0.600. The average Bonchev–Trinajstić information content (AvgIpc) is 2.82. The lowest BCUT2D eigenvalue weighted by molar-refractivity contribution is 0.0319. The molecule has 106 valence electrons. The minimum atomic E-state index is 0.193. The third-order valence-corrected chi connectivity index (χ3v) is 3.89. The standard InChI is InChI=1S/C15H22ClNO2/c1-4-17-15(14-7-5-10(2)19-14)11-6-8-13(18-3)12(16)9-11/h6,8-10,14-15,17H,4-5,7H2,1-3H3. The van der Waals surface area contributed by atoms with Gasteiger partial charge in [0.05, 0.1) is 30.4 Å². The lowest BCUT2D eigenvalue weighted by Gasteiger charge is -2.25. The van der Waals surface area contributed by atoms with Crippen molar-refractivity contribution >= 4 is 11.6 Å². The molecular formula is C15H22ClNO2. The Balaban J connectivity index is 2.21. The number of benzene rings is 1. The molecule has 0 saturated carbocycles. The normalized spacial score (nSPS) is 24.4. The molecule has 1 aliphatic heterocycles. The Morgan fingerprint density at radius 1 is 1.47 bits per heavy atom. The summed E-state index contributed by atoms with van der Waals surface area (Å²) in [5.74, 6) is 0.710. The second-order valence-electron chi connectivity index (χ2n) is 4.99. The van der Waals surface area contributed by atoms with Crippen LogP contribution in [-0.4, -0.2) is 25.9 Å². The first-order valence-corrected chi connectivity index (χ1v) is 7.25. The summed E-state index contributed by atoms with van der Waals surface area (Å²) >= 11 is 6.22. The summed E-state index contributed by atoms with van der Waals surface area (Å²) in [4.78, 5) is 0. The van der Waals surface area contributed by atoms with Crippen molar-refractivity contribution in [3.05, 3.63) is 28.8 Å². The van der Waals surface area contributed by atoms with Crippen LogP contribution < -0.4 is 10.1 Å². The van der Waals surface area contributed by atoms with Gasteiger partial charge in [-0.1, -0.05) is 24.6 Å². The Morgan fingerprint density at radius 3 is 2.79 bits per heavy atom. The van der Waals surface area contributed by atoms with Crippen LogP contribution in [0.2, 0.25) is 5.02 Å². The summed E-state index contributed by atoms with van der Waals surface area (Å²) in [5, 5.41) is 4.15. The van der Waals surface area contributed by atoms with Gasteiger partial charge in [0.25, 0.3) is 0 Å². The fourth-order valence-electron chi connectivity index (χ4n) is 2.64. The van der Waals surface area contributed by atoms with Crippen LogP contribution in [0.4, 0.5) is 0 Å². The van der Waals surface area contributed by atoms with E-state index >= 15 is 0 Å². The van der Waals surface area contributed by atoms with E-state index < -0.39 is 0 Å². The summed E-state index contributed by atoms with van der Waals surface area (Å²) in [6.07, 6.45) is 2.78. The van der Waals surface area contributed by atoms with Gasteiger partial charge in [-0.15, -0.1) is 0 Å². The molecule has 1 saturated heterocycles. The summed E-state index contributed by atoms with van der Waals surface area (Å²) < 4.78 is 11.2.